The molecule has 0 fully saturated rings. The van der Waals surface area contributed by atoms with Gasteiger partial charge in [0.25, 0.3) is 0 Å². The molecule has 5 nitrogen and oxygen atoms in total. The van der Waals surface area contributed by atoms with Gasteiger partial charge in [0.15, 0.2) is 0 Å². The maximum absolute atomic E-state index is 11.8. The first-order valence-corrected chi connectivity index (χ1v) is 8.75. The summed E-state index contributed by atoms with van der Waals surface area (Å²) < 4.78 is 26.0. The summed E-state index contributed by atoms with van der Waals surface area (Å²) in [6, 6.07) is 6.83. The van der Waals surface area contributed by atoms with Gasteiger partial charge in [0.05, 0.1) is 4.90 Å². The summed E-state index contributed by atoms with van der Waals surface area (Å²) in [5.74, 6) is 0.0219. The standard InChI is InChI=1S/C15H24N2O3S/c1-4-12(3)17-15(18)11-8-13-6-9-14(10-7-13)21(19,20)16-5-2/h6-7,9-10,12,16H,4-5,8,11H2,1-3H3,(H,17,18)/t12-/m1/s1. The fourth-order valence-electron chi connectivity index (χ4n) is 1.82. The molecule has 6 heteroatoms. The highest BCUT2D eigenvalue weighted by molar-refractivity contribution is 7.89. The van der Waals surface area contributed by atoms with E-state index in [4.69, 9.17) is 0 Å². The average molecular weight is 312 g/mol. The van der Waals surface area contributed by atoms with Crippen molar-refractivity contribution in [2.45, 2.75) is 51.0 Å². The SMILES string of the molecule is CCNS(=O)(=O)c1ccc(CCC(=O)N[C@H](C)CC)cc1. The van der Waals surface area contributed by atoms with Gasteiger partial charge in [0, 0.05) is 19.0 Å². The first kappa shape index (κ1) is 17.7. The average Bonchev–Trinajstić information content (AvgIpc) is 2.45. The largest absolute Gasteiger partial charge is 0.354 e. The van der Waals surface area contributed by atoms with Crippen molar-refractivity contribution in [3.05, 3.63) is 29.8 Å². The van der Waals surface area contributed by atoms with Crippen LogP contribution >= 0.6 is 0 Å². The van der Waals surface area contributed by atoms with E-state index >= 15 is 0 Å². The monoisotopic (exact) mass is 312 g/mol. The predicted octanol–water partition coefficient (Wildman–Crippen LogP) is 1.83. The molecule has 1 amide bonds. The Kier molecular flexibility index (Phi) is 6.84. The molecule has 0 aromatic heterocycles. The Morgan fingerprint density at radius 1 is 1.19 bits per heavy atom. The van der Waals surface area contributed by atoms with Crippen LogP contribution in [0.1, 0.15) is 39.2 Å². The topological polar surface area (TPSA) is 75.3 Å². The summed E-state index contributed by atoms with van der Waals surface area (Å²) in [6.07, 6.45) is 1.91. The third-order valence-corrected chi connectivity index (χ3v) is 4.79. The van der Waals surface area contributed by atoms with Crippen LogP contribution in [0.2, 0.25) is 0 Å². The Labute approximate surface area is 127 Å². The zero-order chi connectivity index (χ0) is 15.9. The first-order chi connectivity index (χ1) is 9.89. The molecule has 0 aliphatic rings. The normalized spacial score (nSPS) is 12.9. The fraction of sp³-hybridized carbons (Fsp3) is 0.533. The van der Waals surface area contributed by atoms with Crippen LogP contribution in [0.3, 0.4) is 0 Å². The summed E-state index contributed by atoms with van der Waals surface area (Å²) in [4.78, 5) is 11.9. The number of rotatable bonds is 8. The van der Waals surface area contributed by atoms with E-state index in [0.717, 1.165) is 12.0 Å². The second kappa shape index (κ2) is 8.14. The summed E-state index contributed by atoms with van der Waals surface area (Å²) >= 11 is 0. The van der Waals surface area contributed by atoms with Crippen molar-refractivity contribution in [2.75, 3.05) is 6.54 Å². The number of nitrogens with one attached hydrogen (secondary N) is 2. The Morgan fingerprint density at radius 3 is 2.33 bits per heavy atom. The van der Waals surface area contributed by atoms with Gasteiger partial charge < -0.3 is 5.32 Å². The molecule has 2 N–H and O–H groups in total. The molecule has 0 aliphatic heterocycles. The Balaban J connectivity index is 2.58. The van der Waals surface area contributed by atoms with E-state index < -0.39 is 10.0 Å². The molecule has 21 heavy (non-hydrogen) atoms. The van der Waals surface area contributed by atoms with Gasteiger partial charge in [-0.3, -0.25) is 4.79 Å². The second-order valence-corrected chi connectivity index (χ2v) is 6.79. The van der Waals surface area contributed by atoms with Crippen LogP contribution in [0.25, 0.3) is 0 Å². The zero-order valence-electron chi connectivity index (χ0n) is 12.8. The summed E-state index contributed by atoms with van der Waals surface area (Å²) in [7, 11) is -3.41. The first-order valence-electron chi connectivity index (χ1n) is 7.27. The number of hydrogen-bond acceptors (Lipinski definition) is 3. The third-order valence-electron chi connectivity index (χ3n) is 3.23. The Bertz CT molecular complexity index is 553. The van der Waals surface area contributed by atoms with Gasteiger partial charge in [0.2, 0.25) is 15.9 Å². The molecular formula is C15H24N2O3S. The second-order valence-electron chi connectivity index (χ2n) is 5.02. The van der Waals surface area contributed by atoms with Crippen LogP contribution in [0.15, 0.2) is 29.2 Å². The lowest BCUT2D eigenvalue weighted by atomic mass is 10.1. The minimum atomic E-state index is -3.41. The van der Waals surface area contributed by atoms with E-state index in [1.807, 2.05) is 13.8 Å². The molecule has 1 aromatic rings. The molecule has 0 saturated carbocycles. The quantitative estimate of drug-likeness (QED) is 0.769. The van der Waals surface area contributed by atoms with E-state index in [0.29, 0.717) is 19.4 Å². The van der Waals surface area contributed by atoms with Crippen LogP contribution in [-0.4, -0.2) is 26.9 Å². The summed E-state index contributed by atoms with van der Waals surface area (Å²) in [6.45, 7) is 6.09. The van der Waals surface area contributed by atoms with Crippen LogP contribution in [0.5, 0.6) is 0 Å². The molecular weight excluding hydrogens is 288 g/mol. The number of carbonyl (C=O) groups excluding carboxylic acids is 1. The highest BCUT2D eigenvalue weighted by Crippen LogP contribution is 2.11. The van der Waals surface area contributed by atoms with Gasteiger partial charge in [-0.15, -0.1) is 0 Å². The molecule has 1 aromatic carbocycles. The van der Waals surface area contributed by atoms with Gasteiger partial charge in [-0.2, -0.15) is 0 Å². The highest BCUT2D eigenvalue weighted by atomic mass is 32.2. The number of sulfonamides is 1. The van der Waals surface area contributed by atoms with Crippen LogP contribution in [0, 0.1) is 0 Å². The number of aryl methyl sites for hydroxylation is 1. The van der Waals surface area contributed by atoms with Crippen molar-refractivity contribution in [3.63, 3.8) is 0 Å². The lowest BCUT2D eigenvalue weighted by Gasteiger charge is -2.11. The molecule has 0 saturated heterocycles. The van der Waals surface area contributed by atoms with E-state index in [9.17, 15) is 13.2 Å². The van der Waals surface area contributed by atoms with E-state index in [-0.39, 0.29) is 16.8 Å². The number of hydrogen-bond donors (Lipinski definition) is 2. The zero-order valence-corrected chi connectivity index (χ0v) is 13.7. The van der Waals surface area contributed by atoms with Gasteiger partial charge in [-0.1, -0.05) is 26.0 Å². The van der Waals surface area contributed by atoms with Gasteiger partial charge in [-0.25, -0.2) is 13.1 Å². The number of benzene rings is 1. The summed E-state index contributed by atoms with van der Waals surface area (Å²) in [5, 5.41) is 2.91. The molecule has 1 atom stereocenters. The van der Waals surface area contributed by atoms with Crippen LogP contribution < -0.4 is 10.0 Å². The molecule has 0 bridgehead atoms. The molecule has 0 unspecified atom stereocenters. The van der Waals surface area contributed by atoms with Crippen molar-refractivity contribution >= 4 is 15.9 Å². The van der Waals surface area contributed by atoms with E-state index in [1.54, 1.807) is 31.2 Å². The van der Waals surface area contributed by atoms with Crippen molar-refractivity contribution in [1.29, 1.82) is 0 Å². The maximum Gasteiger partial charge on any atom is 0.240 e. The maximum atomic E-state index is 11.8. The summed E-state index contributed by atoms with van der Waals surface area (Å²) in [5.41, 5.74) is 0.949. The molecule has 0 radical (unpaired) electrons. The lowest BCUT2D eigenvalue weighted by Crippen LogP contribution is -2.32. The molecule has 0 heterocycles. The molecule has 0 aliphatic carbocycles. The van der Waals surface area contributed by atoms with Crippen molar-refractivity contribution < 1.29 is 13.2 Å². The lowest BCUT2D eigenvalue weighted by molar-refractivity contribution is -0.121. The van der Waals surface area contributed by atoms with Crippen molar-refractivity contribution in [3.8, 4) is 0 Å². The number of amides is 1. The number of carbonyl (C=O) groups is 1. The predicted molar refractivity (Wildman–Crippen MR) is 83.5 cm³/mol. The minimum absolute atomic E-state index is 0.0219. The van der Waals surface area contributed by atoms with Gasteiger partial charge in [-0.05, 0) is 37.5 Å². The fourth-order valence-corrected chi connectivity index (χ4v) is 2.86. The van der Waals surface area contributed by atoms with Crippen molar-refractivity contribution in [2.24, 2.45) is 0 Å². The molecule has 0 spiro atoms. The minimum Gasteiger partial charge on any atom is -0.354 e. The van der Waals surface area contributed by atoms with Gasteiger partial charge >= 0.3 is 0 Å². The van der Waals surface area contributed by atoms with Gasteiger partial charge in [0.1, 0.15) is 0 Å². The van der Waals surface area contributed by atoms with Crippen LogP contribution in [0.4, 0.5) is 0 Å². The third kappa shape index (κ3) is 5.85. The van der Waals surface area contributed by atoms with E-state index in [2.05, 4.69) is 10.0 Å². The molecule has 1 rings (SSSR count). The highest BCUT2D eigenvalue weighted by Gasteiger charge is 2.12. The van der Waals surface area contributed by atoms with Crippen LogP contribution in [-0.2, 0) is 21.2 Å². The van der Waals surface area contributed by atoms with E-state index in [1.165, 1.54) is 0 Å². The Hall–Kier alpha value is -1.40. The molecule has 118 valence electrons. The Morgan fingerprint density at radius 2 is 1.81 bits per heavy atom. The van der Waals surface area contributed by atoms with Crippen molar-refractivity contribution in [1.82, 2.24) is 10.0 Å². The smallest absolute Gasteiger partial charge is 0.240 e.